The third-order valence-corrected chi connectivity index (χ3v) is 13.1. The van der Waals surface area contributed by atoms with Gasteiger partial charge in [0, 0.05) is 44.7 Å². The van der Waals surface area contributed by atoms with Gasteiger partial charge in [-0.2, -0.15) is 9.97 Å². The van der Waals surface area contributed by atoms with E-state index < -0.39 is 23.3 Å². The van der Waals surface area contributed by atoms with Crippen molar-refractivity contribution in [1.29, 1.82) is 0 Å². The van der Waals surface area contributed by atoms with Gasteiger partial charge < -0.3 is 29.7 Å². The molecule has 53 heavy (non-hydrogen) atoms. The van der Waals surface area contributed by atoms with Gasteiger partial charge in [-0.3, -0.25) is 4.90 Å². The average molecular weight is 729 g/mol. The van der Waals surface area contributed by atoms with Crippen molar-refractivity contribution in [3.63, 3.8) is 0 Å². The molecule has 5 saturated heterocycles. The minimum absolute atomic E-state index is 0.00688. The second kappa shape index (κ2) is 12.9. The van der Waals surface area contributed by atoms with Crippen molar-refractivity contribution in [2.24, 2.45) is 5.92 Å². The van der Waals surface area contributed by atoms with Crippen LogP contribution in [-0.4, -0.2) is 107 Å². The van der Waals surface area contributed by atoms with E-state index in [2.05, 4.69) is 20.0 Å². The standard InChI is InChI=1S/C41H47F3N6O3/c1-2-24-7-6-8-25-13-28(51)14-29(32(24)25)33-35(43)37-34-38(36(33)44)52-21-31-30-10-9-27(45-30)20-50(31)39(34)47-40(46-37)53-22-41-15-23(17-48-11-4-3-5-12-48)18-49(41)19-26(42)16-41/h6-8,13-14,23,26-27,30-31,45,51H,2-5,9-12,15-22H2,1H3/t23-,26-,27?,30?,31-,41+/m1/s1. The van der Waals surface area contributed by atoms with Crippen LogP contribution in [0, 0.1) is 17.6 Å². The van der Waals surface area contributed by atoms with E-state index >= 15 is 13.2 Å². The van der Waals surface area contributed by atoms with Crippen LogP contribution in [0.15, 0.2) is 30.3 Å². The van der Waals surface area contributed by atoms with Crippen LogP contribution in [-0.2, 0) is 6.42 Å². The topological polar surface area (TPSA) is 86.2 Å². The zero-order chi connectivity index (χ0) is 36.0. The molecule has 2 N–H and O–H groups in total. The number of benzene rings is 3. The summed E-state index contributed by atoms with van der Waals surface area (Å²) >= 11 is 0. The van der Waals surface area contributed by atoms with Crippen LogP contribution in [0.25, 0.3) is 32.8 Å². The maximum absolute atomic E-state index is 17.4. The van der Waals surface area contributed by atoms with Crippen LogP contribution in [0.2, 0.25) is 0 Å². The maximum Gasteiger partial charge on any atom is 0.319 e. The average Bonchev–Trinajstić information content (AvgIpc) is 3.75. The molecule has 0 spiro atoms. The van der Waals surface area contributed by atoms with E-state index in [-0.39, 0.29) is 70.9 Å². The number of aromatic nitrogens is 2. The van der Waals surface area contributed by atoms with Crippen LogP contribution >= 0.6 is 0 Å². The lowest BCUT2D eigenvalue weighted by Crippen LogP contribution is -2.60. The monoisotopic (exact) mass is 728 g/mol. The fourth-order valence-electron chi connectivity index (χ4n) is 10.8. The Balaban J connectivity index is 1.09. The first-order valence-corrected chi connectivity index (χ1v) is 19.7. The third kappa shape index (κ3) is 5.53. The first-order chi connectivity index (χ1) is 25.8. The van der Waals surface area contributed by atoms with Gasteiger partial charge >= 0.3 is 6.01 Å². The predicted molar refractivity (Wildman–Crippen MR) is 198 cm³/mol. The molecule has 0 amide bonds. The molecule has 0 radical (unpaired) electrons. The Morgan fingerprint density at radius 3 is 2.74 bits per heavy atom. The Kier molecular flexibility index (Phi) is 8.18. The van der Waals surface area contributed by atoms with Crippen LogP contribution in [0.4, 0.5) is 19.0 Å². The molecule has 10 rings (SSSR count). The fourth-order valence-corrected chi connectivity index (χ4v) is 10.8. The summed E-state index contributed by atoms with van der Waals surface area (Å²) in [5, 5.41) is 16.0. The fraction of sp³-hybridized carbons (Fsp3) is 0.561. The summed E-state index contributed by atoms with van der Waals surface area (Å²) in [6.45, 7) is 7.41. The van der Waals surface area contributed by atoms with Crippen LogP contribution < -0.4 is 19.7 Å². The van der Waals surface area contributed by atoms with Crippen molar-refractivity contribution in [3.05, 3.63) is 47.5 Å². The van der Waals surface area contributed by atoms with Crippen LogP contribution in [0.1, 0.15) is 57.4 Å². The smallest absolute Gasteiger partial charge is 0.319 e. The number of aryl methyl sites for hydroxylation is 1. The molecule has 2 unspecified atom stereocenters. The number of ether oxygens (including phenoxy) is 2. The molecule has 280 valence electrons. The van der Waals surface area contributed by atoms with Gasteiger partial charge in [-0.05, 0) is 91.6 Å². The zero-order valence-electron chi connectivity index (χ0n) is 30.2. The van der Waals surface area contributed by atoms with Crippen LogP contribution in [0.3, 0.4) is 0 Å². The molecule has 6 aliphatic rings. The van der Waals surface area contributed by atoms with E-state index in [0.29, 0.717) is 48.4 Å². The molecule has 6 atom stereocenters. The summed E-state index contributed by atoms with van der Waals surface area (Å²) < 4.78 is 62.5. The minimum Gasteiger partial charge on any atom is -0.508 e. The molecular weight excluding hydrogens is 681 g/mol. The number of rotatable bonds is 7. The highest BCUT2D eigenvalue weighted by Gasteiger charge is 2.53. The van der Waals surface area contributed by atoms with Crippen molar-refractivity contribution in [1.82, 2.24) is 25.1 Å². The zero-order valence-corrected chi connectivity index (χ0v) is 30.2. The first kappa shape index (κ1) is 33.7. The van der Waals surface area contributed by atoms with E-state index in [1.165, 1.54) is 25.3 Å². The number of aromatic hydroxyl groups is 1. The van der Waals surface area contributed by atoms with Gasteiger partial charge in [0.1, 0.15) is 36.5 Å². The lowest BCUT2D eigenvalue weighted by molar-refractivity contribution is 0.107. The first-order valence-electron chi connectivity index (χ1n) is 19.7. The van der Waals surface area contributed by atoms with Gasteiger partial charge in [0.2, 0.25) is 0 Å². The molecule has 1 aromatic heterocycles. The number of likely N-dealkylation sites (tertiary alicyclic amines) is 1. The van der Waals surface area contributed by atoms with E-state index in [1.807, 2.05) is 25.1 Å². The molecule has 0 saturated carbocycles. The summed E-state index contributed by atoms with van der Waals surface area (Å²) in [6, 6.07) is 8.84. The summed E-state index contributed by atoms with van der Waals surface area (Å²) in [7, 11) is 0. The SMILES string of the molecule is CCc1cccc2cc(O)cc(-c3c(F)c4c5c(nc(OC[C@]67C[C@@H](F)CN6C[C@@H](CN6CCCCC6)C7)nc5c3F)N3CC5CCC(N5)[C@H]3CO4)c12. The Morgan fingerprint density at radius 2 is 1.89 bits per heavy atom. The largest absolute Gasteiger partial charge is 0.508 e. The molecule has 12 heteroatoms. The maximum atomic E-state index is 17.4. The molecule has 3 aromatic carbocycles. The molecule has 0 aliphatic carbocycles. The second-order valence-electron chi connectivity index (χ2n) is 16.5. The van der Waals surface area contributed by atoms with Crippen molar-refractivity contribution >= 4 is 27.5 Å². The number of nitrogens with one attached hydrogen (secondary N) is 1. The number of fused-ring (bicyclic) bond motifs is 7. The summed E-state index contributed by atoms with van der Waals surface area (Å²) in [6.07, 6.45) is 6.56. The third-order valence-electron chi connectivity index (χ3n) is 13.1. The van der Waals surface area contributed by atoms with E-state index in [4.69, 9.17) is 19.4 Å². The quantitative estimate of drug-likeness (QED) is 0.226. The van der Waals surface area contributed by atoms with Gasteiger partial charge in [-0.25, -0.2) is 13.2 Å². The number of piperidine rings is 1. The van der Waals surface area contributed by atoms with Gasteiger partial charge in [0.05, 0.1) is 22.5 Å². The lowest BCUT2D eigenvalue weighted by atomic mass is 9.90. The second-order valence-corrected chi connectivity index (χ2v) is 16.5. The molecule has 6 aliphatic heterocycles. The summed E-state index contributed by atoms with van der Waals surface area (Å²) in [5.74, 6) is -1.08. The number of nitrogens with zero attached hydrogens (tertiary/aromatic N) is 5. The van der Waals surface area contributed by atoms with Gasteiger partial charge in [-0.15, -0.1) is 0 Å². The van der Waals surface area contributed by atoms with Gasteiger partial charge in [-0.1, -0.05) is 31.5 Å². The number of hydrogen-bond acceptors (Lipinski definition) is 9. The molecule has 7 heterocycles. The molecule has 4 aromatic rings. The molecule has 9 nitrogen and oxygen atoms in total. The lowest BCUT2D eigenvalue weighted by Gasteiger charge is -2.40. The van der Waals surface area contributed by atoms with Crippen molar-refractivity contribution in [3.8, 4) is 28.6 Å². The number of piperazine rings is 1. The van der Waals surface area contributed by atoms with E-state index in [1.54, 1.807) is 6.07 Å². The highest BCUT2D eigenvalue weighted by atomic mass is 19.1. The number of phenolic OH excluding ortho intramolecular Hbond substituents is 1. The van der Waals surface area contributed by atoms with Crippen molar-refractivity contribution in [2.45, 2.75) is 88.1 Å². The number of phenols is 1. The molecule has 5 fully saturated rings. The minimum atomic E-state index is -0.943. The highest BCUT2D eigenvalue weighted by molar-refractivity contribution is 6.05. The molecular formula is C41H47F3N6O3. The van der Waals surface area contributed by atoms with Crippen molar-refractivity contribution < 1.29 is 27.8 Å². The Labute approximate surface area is 307 Å². The normalized spacial score (nSPS) is 29.7. The summed E-state index contributed by atoms with van der Waals surface area (Å²) in [4.78, 5) is 16.6. The molecule has 2 bridgehead atoms. The predicted octanol–water partition coefficient (Wildman–Crippen LogP) is 6.37. The summed E-state index contributed by atoms with van der Waals surface area (Å²) in [5.41, 5.74) is 0.241. The van der Waals surface area contributed by atoms with Crippen LogP contribution in [0.5, 0.6) is 17.5 Å². The Morgan fingerprint density at radius 1 is 1.02 bits per heavy atom. The number of hydrogen-bond donors (Lipinski definition) is 2. The van der Waals surface area contributed by atoms with Gasteiger partial charge in [0.25, 0.3) is 0 Å². The highest BCUT2D eigenvalue weighted by Crippen LogP contribution is 2.49. The van der Waals surface area contributed by atoms with E-state index in [0.717, 1.165) is 51.0 Å². The number of halogens is 3. The number of alkyl halides is 1. The van der Waals surface area contributed by atoms with Crippen molar-refractivity contribution in [2.75, 3.05) is 57.4 Å². The van der Waals surface area contributed by atoms with Gasteiger partial charge in [0.15, 0.2) is 17.4 Å². The van der Waals surface area contributed by atoms with E-state index in [9.17, 15) is 5.11 Å². The Hall–Kier alpha value is -3.87. The Bertz CT molecular complexity index is 2100. The number of anilines is 1.